The molecule has 9 heteroatoms. The van der Waals surface area contributed by atoms with Gasteiger partial charge in [0, 0.05) is 24.6 Å². The highest BCUT2D eigenvalue weighted by Gasteiger charge is 2.49. The third-order valence-electron chi connectivity index (χ3n) is 4.63. The number of aliphatic hydroxyl groups excluding tert-OH is 1. The maximum atomic E-state index is 12.8. The standard InChI is InChI=1S/C17H19N3O6/c1-9(2)8-18-13(21)7-6-12(16(18)23)19-15(22)10-4-3-5-11(20(25)26)14(10)17(19)24/h3-5,9,12,15,22H,6-8H2,1-2H3. The summed E-state index contributed by atoms with van der Waals surface area (Å²) in [6.07, 6.45) is -1.31. The van der Waals surface area contributed by atoms with Gasteiger partial charge in [0.15, 0.2) is 6.23 Å². The van der Waals surface area contributed by atoms with E-state index >= 15 is 0 Å². The molecule has 3 rings (SSSR count). The number of nitro groups is 1. The second-order valence-electron chi connectivity index (χ2n) is 6.88. The maximum Gasteiger partial charge on any atom is 0.282 e. The highest BCUT2D eigenvalue weighted by atomic mass is 16.6. The second-order valence-corrected chi connectivity index (χ2v) is 6.88. The van der Waals surface area contributed by atoms with E-state index in [1.165, 1.54) is 18.2 Å². The van der Waals surface area contributed by atoms with Gasteiger partial charge in [-0.25, -0.2) is 0 Å². The number of likely N-dealkylation sites (tertiary alicyclic amines) is 1. The Bertz CT molecular complexity index is 806. The van der Waals surface area contributed by atoms with Gasteiger partial charge in [0.1, 0.15) is 11.6 Å². The minimum atomic E-state index is -1.46. The number of nitrogens with zero attached hydrogens (tertiary/aromatic N) is 3. The van der Waals surface area contributed by atoms with Crippen molar-refractivity contribution in [3.63, 3.8) is 0 Å². The first-order chi connectivity index (χ1) is 12.2. The fraction of sp³-hybridized carbons (Fsp3) is 0.471. The average molecular weight is 361 g/mol. The van der Waals surface area contributed by atoms with E-state index in [1.54, 1.807) is 0 Å². The molecular weight excluding hydrogens is 342 g/mol. The van der Waals surface area contributed by atoms with E-state index in [-0.39, 0.29) is 42.3 Å². The van der Waals surface area contributed by atoms with Crippen molar-refractivity contribution in [2.75, 3.05) is 6.54 Å². The van der Waals surface area contributed by atoms with Crippen LogP contribution in [0.3, 0.4) is 0 Å². The smallest absolute Gasteiger partial charge is 0.282 e. The van der Waals surface area contributed by atoms with E-state index in [4.69, 9.17) is 0 Å². The van der Waals surface area contributed by atoms with Gasteiger partial charge in [0.05, 0.1) is 4.92 Å². The molecule has 0 aliphatic carbocycles. The predicted octanol–water partition coefficient (Wildman–Crippen LogP) is 1.22. The van der Waals surface area contributed by atoms with Crippen LogP contribution in [0.15, 0.2) is 18.2 Å². The molecule has 1 fully saturated rings. The summed E-state index contributed by atoms with van der Waals surface area (Å²) < 4.78 is 0. The Hall–Kier alpha value is -2.81. The number of rotatable bonds is 4. The number of carbonyl (C=O) groups is 3. The van der Waals surface area contributed by atoms with Crippen LogP contribution >= 0.6 is 0 Å². The number of fused-ring (bicyclic) bond motifs is 1. The maximum absolute atomic E-state index is 12.8. The molecule has 1 N–H and O–H groups in total. The van der Waals surface area contributed by atoms with Crippen LogP contribution in [0.4, 0.5) is 5.69 Å². The predicted molar refractivity (Wildman–Crippen MR) is 88.8 cm³/mol. The topological polar surface area (TPSA) is 121 Å². The summed E-state index contributed by atoms with van der Waals surface area (Å²) in [4.78, 5) is 50.2. The normalized spacial score (nSPS) is 23.0. The highest BCUT2D eigenvalue weighted by Crippen LogP contribution is 2.39. The largest absolute Gasteiger partial charge is 0.369 e. The molecule has 2 aliphatic rings. The van der Waals surface area contributed by atoms with Crippen LogP contribution in [0.25, 0.3) is 0 Å². The third kappa shape index (κ3) is 2.74. The molecule has 2 heterocycles. The minimum Gasteiger partial charge on any atom is -0.369 e. The third-order valence-corrected chi connectivity index (χ3v) is 4.63. The number of nitro benzene ring substituents is 1. The molecule has 3 amide bonds. The second kappa shape index (κ2) is 6.49. The van der Waals surface area contributed by atoms with Gasteiger partial charge in [-0.15, -0.1) is 0 Å². The number of benzene rings is 1. The lowest BCUT2D eigenvalue weighted by Gasteiger charge is -2.37. The first-order valence-corrected chi connectivity index (χ1v) is 8.36. The molecule has 2 unspecified atom stereocenters. The first-order valence-electron chi connectivity index (χ1n) is 8.36. The van der Waals surface area contributed by atoms with Gasteiger partial charge < -0.3 is 5.11 Å². The van der Waals surface area contributed by atoms with Gasteiger partial charge in [-0.05, 0) is 12.3 Å². The zero-order valence-electron chi connectivity index (χ0n) is 14.4. The molecule has 0 bridgehead atoms. The van der Waals surface area contributed by atoms with Gasteiger partial charge in [0.25, 0.3) is 17.5 Å². The van der Waals surface area contributed by atoms with Crippen LogP contribution in [0, 0.1) is 16.0 Å². The van der Waals surface area contributed by atoms with Crippen LogP contribution in [0.1, 0.15) is 48.8 Å². The van der Waals surface area contributed by atoms with E-state index in [0.717, 1.165) is 9.80 Å². The Morgan fingerprint density at radius 1 is 1.31 bits per heavy atom. The van der Waals surface area contributed by atoms with Crippen molar-refractivity contribution in [3.8, 4) is 0 Å². The van der Waals surface area contributed by atoms with Gasteiger partial charge >= 0.3 is 0 Å². The van der Waals surface area contributed by atoms with Crippen molar-refractivity contribution in [2.24, 2.45) is 5.92 Å². The average Bonchev–Trinajstić information content (AvgIpc) is 2.83. The lowest BCUT2D eigenvalue weighted by molar-refractivity contribution is -0.385. The number of piperidine rings is 1. The molecule has 0 radical (unpaired) electrons. The number of imide groups is 1. The molecule has 2 aliphatic heterocycles. The summed E-state index contributed by atoms with van der Waals surface area (Å²) in [5.41, 5.74) is -0.512. The fourth-order valence-corrected chi connectivity index (χ4v) is 3.50. The molecule has 0 saturated carbocycles. The van der Waals surface area contributed by atoms with E-state index < -0.39 is 34.7 Å². The van der Waals surface area contributed by atoms with Crippen LogP contribution in [-0.2, 0) is 9.59 Å². The number of aliphatic hydroxyl groups is 1. The van der Waals surface area contributed by atoms with E-state index in [2.05, 4.69) is 0 Å². The van der Waals surface area contributed by atoms with Crippen molar-refractivity contribution in [3.05, 3.63) is 39.4 Å². The molecule has 2 atom stereocenters. The number of hydrogen-bond donors (Lipinski definition) is 1. The van der Waals surface area contributed by atoms with Crippen LogP contribution < -0.4 is 0 Å². The Kier molecular flexibility index (Phi) is 4.49. The fourth-order valence-electron chi connectivity index (χ4n) is 3.50. The lowest BCUT2D eigenvalue weighted by atomic mass is 10.0. The summed E-state index contributed by atoms with van der Waals surface area (Å²) in [5.74, 6) is -1.58. The number of amides is 3. The SMILES string of the molecule is CC(C)CN1C(=O)CCC(N2C(=O)c3c(cccc3[N+](=O)[O-])C2O)C1=O. The van der Waals surface area contributed by atoms with Crippen molar-refractivity contribution >= 4 is 23.4 Å². The summed E-state index contributed by atoms with van der Waals surface area (Å²) >= 11 is 0. The summed E-state index contributed by atoms with van der Waals surface area (Å²) in [6, 6.07) is 2.97. The van der Waals surface area contributed by atoms with Gasteiger partial charge in [-0.1, -0.05) is 26.0 Å². The van der Waals surface area contributed by atoms with Crippen molar-refractivity contribution in [1.82, 2.24) is 9.80 Å². The van der Waals surface area contributed by atoms with Crippen LogP contribution in [-0.4, -0.2) is 50.1 Å². The molecule has 1 saturated heterocycles. The Labute approximate surface area is 149 Å². The van der Waals surface area contributed by atoms with Crippen LogP contribution in [0.2, 0.25) is 0 Å². The summed E-state index contributed by atoms with van der Waals surface area (Å²) in [7, 11) is 0. The van der Waals surface area contributed by atoms with Crippen molar-refractivity contribution < 1.29 is 24.4 Å². The van der Waals surface area contributed by atoms with Crippen molar-refractivity contribution in [2.45, 2.75) is 39.0 Å². The zero-order chi connectivity index (χ0) is 19.2. The molecule has 1 aromatic carbocycles. The Morgan fingerprint density at radius 2 is 2.00 bits per heavy atom. The van der Waals surface area contributed by atoms with Crippen LogP contribution in [0.5, 0.6) is 0 Å². The Balaban J connectivity index is 1.96. The molecule has 0 aromatic heterocycles. The van der Waals surface area contributed by atoms with Gasteiger partial charge in [-0.3, -0.25) is 34.3 Å². The summed E-state index contributed by atoms with van der Waals surface area (Å²) in [6.45, 7) is 3.94. The monoisotopic (exact) mass is 361 g/mol. The van der Waals surface area contributed by atoms with Gasteiger partial charge in [-0.2, -0.15) is 0 Å². The quantitative estimate of drug-likeness (QED) is 0.489. The first kappa shape index (κ1) is 18.0. The summed E-state index contributed by atoms with van der Waals surface area (Å²) in [5, 5.41) is 21.8. The minimum absolute atomic E-state index is 0.0548. The molecular formula is C17H19N3O6. The highest BCUT2D eigenvalue weighted by molar-refractivity contribution is 6.07. The van der Waals surface area contributed by atoms with E-state index in [0.29, 0.717) is 0 Å². The van der Waals surface area contributed by atoms with E-state index in [1.807, 2.05) is 13.8 Å². The molecule has 0 spiro atoms. The molecule has 9 nitrogen and oxygen atoms in total. The van der Waals surface area contributed by atoms with E-state index in [9.17, 15) is 29.6 Å². The zero-order valence-corrected chi connectivity index (χ0v) is 14.4. The molecule has 138 valence electrons. The molecule has 26 heavy (non-hydrogen) atoms. The number of carbonyl (C=O) groups excluding carboxylic acids is 3. The lowest BCUT2D eigenvalue weighted by Crippen LogP contribution is -2.56. The van der Waals surface area contributed by atoms with Crippen molar-refractivity contribution in [1.29, 1.82) is 0 Å². The molecule has 1 aromatic rings. The van der Waals surface area contributed by atoms with Gasteiger partial charge in [0.2, 0.25) is 5.91 Å². The number of hydrogen-bond acceptors (Lipinski definition) is 6. The Morgan fingerprint density at radius 3 is 2.62 bits per heavy atom.